The summed E-state index contributed by atoms with van der Waals surface area (Å²) < 4.78 is 10.5. The van der Waals surface area contributed by atoms with Gasteiger partial charge < -0.3 is 14.8 Å². The number of hydrogen-bond donors (Lipinski definition) is 1. The van der Waals surface area contributed by atoms with Crippen LogP contribution >= 0.6 is 11.3 Å². The molecule has 0 fully saturated rings. The molecule has 0 radical (unpaired) electrons. The Morgan fingerprint density at radius 2 is 1.79 bits per heavy atom. The van der Waals surface area contributed by atoms with E-state index >= 15 is 0 Å². The van der Waals surface area contributed by atoms with Crippen LogP contribution in [0, 0.1) is 6.92 Å². The summed E-state index contributed by atoms with van der Waals surface area (Å²) in [5.74, 6) is 1.48. The summed E-state index contributed by atoms with van der Waals surface area (Å²) in [5.41, 5.74) is 1.02. The fourth-order valence-electron chi connectivity index (χ4n) is 1.93. The van der Waals surface area contributed by atoms with Gasteiger partial charge in [-0.2, -0.15) is 0 Å². The molecule has 3 nitrogen and oxygen atoms in total. The number of thiophene rings is 1. The Balaban J connectivity index is 2.14. The van der Waals surface area contributed by atoms with E-state index < -0.39 is 0 Å². The van der Waals surface area contributed by atoms with Gasteiger partial charge in [0.05, 0.1) is 20.3 Å². The van der Waals surface area contributed by atoms with E-state index in [1.165, 1.54) is 9.75 Å². The predicted octanol–water partition coefficient (Wildman–Crippen LogP) is 4.25. The molecule has 19 heavy (non-hydrogen) atoms. The average molecular weight is 277 g/mol. The number of aryl methyl sites for hydroxylation is 1. The smallest absolute Gasteiger partial charge is 0.162 e. The van der Waals surface area contributed by atoms with E-state index in [1.54, 1.807) is 14.2 Å². The summed E-state index contributed by atoms with van der Waals surface area (Å²) in [6.45, 7) is 4.28. The predicted molar refractivity (Wildman–Crippen MR) is 80.6 cm³/mol. The Bertz CT molecular complexity index is 551. The largest absolute Gasteiger partial charge is 0.493 e. The Labute approximate surface area is 118 Å². The van der Waals surface area contributed by atoms with Gasteiger partial charge in [-0.3, -0.25) is 0 Å². The molecule has 0 saturated carbocycles. The number of rotatable bonds is 5. The Kier molecular flexibility index (Phi) is 4.32. The van der Waals surface area contributed by atoms with E-state index in [0.717, 1.165) is 17.2 Å². The SMILES string of the molecule is COc1ccc(NC(C)c2ccc(C)s2)cc1OC. The Morgan fingerprint density at radius 1 is 1.05 bits per heavy atom. The fourth-order valence-corrected chi connectivity index (χ4v) is 2.81. The highest BCUT2D eigenvalue weighted by Crippen LogP contribution is 2.32. The number of benzene rings is 1. The van der Waals surface area contributed by atoms with Gasteiger partial charge in [0.1, 0.15) is 0 Å². The van der Waals surface area contributed by atoms with E-state index in [-0.39, 0.29) is 6.04 Å². The third kappa shape index (κ3) is 3.20. The molecule has 4 heteroatoms. The topological polar surface area (TPSA) is 30.5 Å². The molecule has 0 saturated heterocycles. The van der Waals surface area contributed by atoms with Crippen LogP contribution in [0.3, 0.4) is 0 Å². The van der Waals surface area contributed by atoms with Crippen molar-refractivity contribution in [2.45, 2.75) is 19.9 Å². The highest BCUT2D eigenvalue weighted by molar-refractivity contribution is 7.12. The van der Waals surface area contributed by atoms with Crippen molar-refractivity contribution in [2.75, 3.05) is 19.5 Å². The second kappa shape index (κ2) is 5.97. The summed E-state index contributed by atoms with van der Waals surface area (Å²) in [6.07, 6.45) is 0. The van der Waals surface area contributed by atoms with Crippen molar-refractivity contribution in [3.8, 4) is 11.5 Å². The standard InChI is InChI=1S/C15H19NO2S/c1-10-5-8-15(19-10)11(2)16-12-6-7-13(17-3)14(9-12)18-4/h5-9,11,16H,1-4H3. The monoisotopic (exact) mass is 277 g/mol. The number of methoxy groups -OCH3 is 2. The minimum Gasteiger partial charge on any atom is -0.493 e. The van der Waals surface area contributed by atoms with Gasteiger partial charge in [-0.1, -0.05) is 0 Å². The molecular formula is C15H19NO2S. The maximum atomic E-state index is 5.31. The molecule has 0 aliphatic heterocycles. The van der Waals surface area contributed by atoms with Crippen molar-refractivity contribution in [3.05, 3.63) is 40.1 Å². The lowest BCUT2D eigenvalue weighted by atomic mass is 10.2. The Hall–Kier alpha value is -1.68. The van der Waals surface area contributed by atoms with Gasteiger partial charge in [-0.25, -0.2) is 0 Å². The highest BCUT2D eigenvalue weighted by Gasteiger charge is 2.09. The van der Waals surface area contributed by atoms with Crippen LogP contribution in [-0.2, 0) is 0 Å². The zero-order valence-electron chi connectivity index (χ0n) is 11.7. The minimum absolute atomic E-state index is 0.275. The van der Waals surface area contributed by atoms with Crippen molar-refractivity contribution in [2.24, 2.45) is 0 Å². The van der Waals surface area contributed by atoms with Gasteiger partial charge in [0, 0.05) is 21.5 Å². The lowest BCUT2D eigenvalue weighted by molar-refractivity contribution is 0.355. The van der Waals surface area contributed by atoms with Crippen LogP contribution in [0.1, 0.15) is 22.7 Å². The molecule has 1 atom stereocenters. The number of hydrogen-bond acceptors (Lipinski definition) is 4. The lowest BCUT2D eigenvalue weighted by Crippen LogP contribution is -2.05. The van der Waals surface area contributed by atoms with E-state index in [2.05, 4.69) is 31.3 Å². The molecule has 1 heterocycles. The first-order valence-corrected chi connectivity index (χ1v) is 7.00. The molecule has 1 N–H and O–H groups in total. The lowest BCUT2D eigenvalue weighted by Gasteiger charge is -2.15. The quantitative estimate of drug-likeness (QED) is 0.886. The molecule has 2 aromatic rings. The average Bonchev–Trinajstić information content (AvgIpc) is 2.85. The summed E-state index contributed by atoms with van der Waals surface area (Å²) in [7, 11) is 3.29. The fraction of sp³-hybridized carbons (Fsp3) is 0.333. The van der Waals surface area contributed by atoms with Crippen LogP contribution in [0.2, 0.25) is 0 Å². The molecule has 2 rings (SSSR count). The van der Waals surface area contributed by atoms with Crippen LogP contribution in [0.25, 0.3) is 0 Å². The highest BCUT2D eigenvalue weighted by atomic mass is 32.1. The molecule has 0 aliphatic carbocycles. The first kappa shape index (κ1) is 13.7. The van der Waals surface area contributed by atoms with Crippen LogP contribution < -0.4 is 14.8 Å². The van der Waals surface area contributed by atoms with Crippen LogP contribution in [0.15, 0.2) is 30.3 Å². The minimum atomic E-state index is 0.275. The van der Waals surface area contributed by atoms with Gasteiger partial charge in [-0.05, 0) is 38.1 Å². The first-order valence-electron chi connectivity index (χ1n) is 6.19. The van der Waals surface area contributed by atoms with E-state index in [0.29, 0.717) is 0 Å². The molecule has 1 unspecified atom stereocenters. The second-order valence-corrected chi connectivity index (χ2v) is 5.70. The first-order chi connectivity index (χ1) is 9.13. The molecule has 1 aromatic carbocycles. The van der Waals surface area contributed by atoms with Crippen molar-refractivity contribution in [3.63, 3.8) is 0 Å². The molecule has 0 spiro atoms. The van der Waals surface area contributed by atoms with Crippen LogP contribution in [0.5, 0.6) is 11.5 Å². The summed E-state index contributed by atoms with van der Waals surface area (Å²) in [4.78, 5) is 2.66. The van der Waals surface area contributed by atoms with E-state index in [9.17, 15) is 0 Å². The third-order valence-electron chi connectivity index (χ3n) is 2.95. The second-order valence-electron chi connectivity index (χ2n) is 4.38. The van der Waals surface area contributed by atoms with Crippen molar-refractivity contribution >= 4 is 17.0 Å². The zero-order chi connectivity index (χ0) is 13.8. The summed E-state index contributed by atoms with van der Waals surface area (Å²) in [6, 6.07) is 10.4. The summed E-state index contributed by atoms with van der Waals surface area (Å²) in [5, 5.41) is 3.47. The molecule has 1 aromatic heterocycles. The molecule has 0 bridgehead atoms. The van der Waals surface area contributed by atoms with Gasteiger partial charge in [0.15, 0.2) is 11.5 Å². The number of nitrogens with one attached hydrogen (secondary N) is 1. The van der Waals surface area contributed by atoms with Crippen LogP contribution in [0.4, 0.5) is 5.69 Å². The Morgan fingerprint density at radius 3 is 2.37 bits per heavy atom. The normalized spacial score (nSPS) is 12.0. The van der Waals surface area contributed by atoms with Gasteiger partial charge in [0.2, 0.25) is 0 Å². The molecule has 102 valence electrons. The van der Waals surface area contributed by atoms with Crippen molar-refractivity contribution < 1.29 is 9.47 Å². The van der Waals surface area contributed by atoms with Gasteiger partial charge >= 0.3 is 0 Å². The van der Waals surface area contributed by atoms with E-state index in [1.807, 2.05) is 29.5 Å². The molecule has 0 amide bonds. The maximum Gasteiger partial charge on any atom is 0.162 e. The molecule has 0 aliphatic rings. The zero-order valence-corrected chi connectivity index (χ0v) is 12.5. The number of ether oxygens (including phenoxy) is 2. The van der Waals surface area contributed by atoms with Crippen LogP contribution in [-0.4, -0.2) is 14.2 Å². The third-order valence-corrected chi connectivity index (χ3v) is 4.14. The van der Waals surface area contributed by atoms with Crippen molar-refractivity contribution in [1.29, 1.82) is 0 Å². The number of anilines is 1. The summed E-state index contributed by atoms with van der Waals surface area (Å²) >= 11 is 1.81. The van der Waals surface area contributed by atoms with Crippen molar-refractivity contribution in [1.82, 2.24) is 0 Å². The van der Waals surface area contributed by atoms with Gasteiger partial charge in [0.25, 0.3) is 0 Å². The van der Waals surface area contributed by atoms with Gasteiger partial charge in [-0.15, -0.1) is 11.3 Å². The van der Waals surface area contributed by atoms with E-state index in [4.69, 9.17) is 9.47 Å². The molecular weight excluding hydrogens is 258 g/mol. The maximum absolute atomic E-state index is 5.31.